The molecule has 0 bridgehead atoms. The van der Waals surface area contributed by atoms with E-state index in [2.05, 4.69) is 26.3 Å². The number of thioether (sulfide) groups is 1. The number of amides is 1. The number of amidine groups is 1. The number of benzene rings is 2. The van der Waals surface area contributed by atoms with Crippen LogP contribution in [-0.4, -0.2) is 34.6 Å². The van der Waals surface area contributed by atoms with E-state index in [1.165, 1.54) is 18.9 Å². The van der Waals surface area contributed by atoms with Crippen molar-refractivity contribution in [2.45, 2.75) is 6.17 Å². The van der Waals surface area contributed by atoms with Crippen LogP contribution >= 0.6 is 50.3 Å². The quantitative estimate of drug-likeness (QED) is 0.539. The highest BCUT2D eigenvalue weighted by Crippen LogP contribution is 2.38. The molecule has 4 rings (SSSR count). The van der Waals surface area contributed by atoms with E-state index in [0.717, 1.165) is 10.0 Å². The second kappa shape index (κ2) is 7.56. The minimum atomic E-state index is -0.570. The highest BCUT2D eigenvalue weighted by molar-refractivity contribution is 14.1. The van der Waals surface area contributed by atoms with E-state index in [0.29, 0.717) is 30.8 Å². The number of phenols is 1. The van der Waals surface area contributed by atoms with Crippen molar-refractivity contribution in [3.05, 3.63) is 54.5 Å². The molecule has 0 aromatic heterocycles. The molecule has 2 aromatic carbocycles. The summed E-state index contributed by atoms with van der Waals surface area (Å²) >= 11 is 6.84. The van der Waals surface area contributed by atoms with Gasteiger partial charge in [0.2, 0.25) is 0 Å². The van der Waals surface area contributed by atoms with E-state index in [1.807, 2.05) is 53.1 Å². The number of ether oxygens (including phenoxy) is 1. The number of phenolic OH excluding ortho intramolecular Hbond substituents is 1. The van der Waals surface area contributed by atoms with E-state index in [4.69, 9.17) is 9.73 Å². The molecule has 1 unspecified atom stereocenters. The largest absolute Gasteiger partial charge is 0.504 e. The third kappa shape index (κ3) is 3.26. The Bertz CT molecular complexity index is 1150. The van der Waals surface area contributed by atoms with Crippen LogP contribution in [0.5, 0.6) is 11.5 Å². The van der Waals surface area contributed by atoms with Gasteiger partial charge in [0.15, 0.2) is 22.8 Å². The number of nitrogens with one attached hydrogen (secondary N) is 1. The number of rotatable bonds is 2. The fraction of sp³-hybridized carbons (Fsp3) is 0.167. The molecule has 0 radical (unpaired) electrons. The molecule has 2 aromatic rings. The summed E-state index contributed by atoms with van der Waals surface area (Å²) < 4.78 is 6.77. The minimum absolute atomic E-state index is 0.0703. The number of nitrogens with zero attached hydrogens (tertiary/aromatic N) is 3. The molecular weight excluding hydrogens is 559 g/mol. The van der Waals surface area contributed by atoms with Crippen LogP contribution in [0.3, 0.4) is 0 Å². The van der Waals surface area contributed by atoms with E-state index >= 15 is 0 Å². The molecule has 2 aliphatic heterocycles. The molecule has 2 heterocycles. The summed E-state index contributed by atoms with van der Waals surface area (Å²) in [6.07, 6.45) is 1.27. The Balaban J connectivity index is 2.00. The molecule has 2 aliphatic rings. The van der Waals surface area contributed by atoms with Gasteiger partial charge in [-0.2, -0.15) is 0 Å². The Hall–Kier alpha value is -1.79. The predicted octanol–water partition coefficient (Wildman–Crippen LogP) is 2.27. The van der Waals surface area contributed by atoms with Gasteiger partial charge in [-0.05, 0) is 59.2 Å². The van der Waals surface area contributed by atoms with Crippen molar-refractivity contribution in [2.75, 3.05) is 13.4 Å². The van der Waals surface area contributed by atoms with Crippen molar-refractivity contribution in [1.29, 1.82) is 0 Å². The molecule has 1 atom stereocenters. The van der Waals surface area contributed by atoms with Crippen LogP contribution in [-0.2, 0) is 4.79 Å². The number of hydrogen-bond acceptors (Lipinski definition) is 7. The number of halogens is 2. The van der Waals surface area contributed by atoms with Gasteiger partial charge in [0.05, 0.1) is 16.0 Å². The molecule has 10 heteroatoms. The Kier molecular flexibility index (Phi) is 5.27. The van der Waals surface area contributed by atoms with E-state index < -0.39 is 6.17 Å². The molecule has 0 aliphatic carbocycles. The molecule has 0 saturated heterocycles. The molecule has 0 saturated carbocycles. The number of methoxy groups -OCH3 is 1. The Labute approximate surface area is 186 Å². The van der Waals surface area contributed by atoms with Gasteiger partial charge in [0, 0.05) is 15.3 Å². The summed E-state index contributed by atoms with van der Waals surface area (Å²) in [5, 5.41) is 21.1. The monoisotopic (exact) mass is 572 g/mol. The lowest BCUT2D eigenvalue weighted by Gasteiger charge is -2.34. The van der Waals surface area contributed by atoms with Crippen molar-refractivity contribution in [2.24, 2.45) is 10.1 Å². The van der Waals surface area contributed by atoms with E-state index in [1.54, 1.807) is 11.1 Å². The predicted molar refractivity (Wildman–Crippen MR) is 119 cm³/mol. The Morgan fingerprint density at radius 2 is 2.14 bits per heavy atom. The lowest BCUT2D eigenvalue weighted by Crippen LogP contribution is -2.50. The molecule has 2 N–H and O–H groups in total. The number of carbonyl (C=O) groups is 1. The molecular formula is C18H14BrIN4O3S. The Morgan fingerprint density at radius 1 is 1.36 bits per heavy atom. The summed E-state index contributed by atoms with van der Waals surface area (Å²) in [6.45, 7) is 0. The third-order valence-electron chi connectivity index (χ3n) is 4.33. The van der Waals surface area contributed by atoms with Crippen LogP contribution in [0.25, 0.3) is 5.70 Å². The van der Waals surface area contributed by atoms with Crippen LogP contribution in [0.4, 0.5) is 0 Å². The van der Waals surface area contributed by atoms with Crippen molar-refractivity contribution in [3.63, 3.8) is 0 Å². The van der Waals surface area contributed by atoms with Crippen molar-refractivity contribution in [3.8, 4) is 11.5 Å². The zero-order valence-corrected chi connectivity index (χ0v) is 19.3. The maximum atomic E-state index is 12.9. The van der Waals surface area contributed by atoms with Gasteiger partial charge >= 0.3 is 0 Å². The van der Waals surface area contributed by atoms with Crippen LogP contribution in [0.2, 0.25) is 0 Å². The molecule has 0 spiro atoms. The maximum absolute atomic E-state index is 12.9. The van der Waals surface area contributed by atoms with Gasteiger partial charge in [0.25, 0.3) is 5.91 Å². The van der Waals surface area contributed by atoms with E-state index in [-0.39, 0.29) is 11.7 Å². The second-order valence-corrected chi connectivity index (χ2v) is 8.85. The first-order valence-corrected chi connectivity index (χ1v) is 11.2. The standard InChI is InChI=1S/C18H14BrIN4O3S/c1-27-13-6-8(5-11(20)15(13)25)16-21-12-4-3-9(19)7-10(12)14-17(26)22-18(28-2)23-24(14)16/h3-7,16,25H,1-2H3,(H,22,23,26). The fourth-order valence-corrected chi connectivity index (χ4v) is 4.41. The first-order valence-electron chi connectivity index (χ1n) is 8.10. The van der Waals surface area contributed by atoms with Crippen LogP contribution in [0.1, 0.15) is 11.7 Å². The topological polar surface area (TPSA) is 86.5 Å². The summed E-state index contributed by atoms with van der Waals surface area (Å²) in [5.41, 5.74) is 1.18. The van der Waals surface area contributed by atoms with Gasteiger partial charge in [0.1, 0.15) is 5.70 Å². The van der Waals surface area contributed by atoms with Gasteiger partial charge in [-0.25, -0.2) is 5.01 Å². The van der Waals surface area contributed by atoms with Gasteiger partial charge in [-0.15, -0.1) is 5.10 Å². The third-order valence-corrected chi connectivity index (χ3v) is 6.22. The van der Waals surface area contributed by atoms with Crippen LogP contribution in [0.15, 0.2) is 44.9 Å². The lowest BCUT2D eigenvalue weighted by molar-refractivity contribution is -0.116. The minimum Gasteiger partial charge on any atom is -0.504 e. The van der Waals surface area contributed by atoms with Crippen LogP contribution in [0, 0.1) is 3.57 Å². The molecule has 1 amide bonds. The average Bonchev–Trinajstić information content (AvgIpc) is 2.68. The molecule has 0 fully saturated rings. The first-order chi connectivity index (χ1) is 13.4. The van der Waals surface area contributed by atoms with Crippen molar-refractivity contribution >= 4 is 67.1 Å². The highest BCUT2D eigenvalue weighted by atomic mass is 127. The molecule has 144 valence electrons. The lowest BCUT2D eigenvalue weighted by atomic mass is 10.1. The fourth-order valence-electron chi connectivity index (χ4n) is 3.06. The summed E-state index contributed by atoms with van der Waals surface area (Å²) in [5.74, 6) is 0.177. The number of fused-ring (bicyclic) bond motifs is 2. The summed E-state index contributed by atoms with van der Waals surface area (Å²) in [6, 6.07) is 9.13. The van der Waals surface area contributed by atoms with Crippen molar-refractivity contribution < 1.29 is 14.6 Å². The maximum Gasteiger partial charge on any atom is 0.276 e. The van der Waals surface area contributed by atoms with Gasteiger partial charge in [-0.1, -0.05) is 27.7 Å². The number of aromatic hydroxyl groups is 1. The zero-order chi connectivity index (χ0) is 20.0. The smallest absolute Gasteiger partial charge is 0.276 e. The Morgan fingerprint density at radius 3 is 2.86 bits per heavy atom. The second-order valence-electron chi connectivity index (χ2n) is 5.97. The highest BCUT2D eigenvalue weighted by Gasteiger charge is 2.34. The first kappa shape index (κ1) is 19.5. The number of hydrogen-bond donors (Lipinski definition) is 2. The normalized spacial score (nSPS) is 17.9. The van der Waals surface area contributed by atoms with Crippen molar-refractivity contribution in [1.82, 2.24) is 10.3 Å². The van der Waals surface area contributed by atoms with Crippen LogP contribution < -0.4 is 20.6 Å². The number of carbonyl (C=O) groups excluding carboxylic acids is 1. The molecule has 7 nitrogen and oxygen atoms in total. The van der Waals surface area contributed by atoms with E-state index in [9.17, 15) is 9.90 Å². The zero-order valence-electron chi connectivity index (χ0n) is 14.7. The summed E-state index contributed by atoms with van der Waals surface area (Å²) in [4.78, 5) is 17.7. The SMILES string of the molecule is COc1cc(C2N=c3ccc(Br)cc3=C3C(=O)NC(SC)=NN32)cc(I)c1O. The molecule has 28 heavy (non-hydrogen) atoms. The van der Waals surface area contributed by atoms with Gasteiger partial charge < -0.3 is 9.84 Å². The summed E-state index contributed by atoms with van der Waals surface area (Å²) in [7, 11) is 1.50. The average molecular weight is 573 g/mol. The number of hydrazone groups is 1. The van der Waals surface area contributed by atoms with Gasteiger partial charge in [-0.3, -0.25) is 15.1 Å².